The van der Waals surface area contributed by atoms with Gasteiger partial charge < -0.3 is 10.5 Å². The van der Waals surface area contributed by atoms with E-state index >= 15 is 0 Å². The lowest BCUT2D eigenvalue weighted by atomic mass is 10.1. The van der Waals surface area contributed by atoms with Crippen molar-refractivity contribution in [2.75, 3.05) is 7.11 Å². The molecular formula is C10H10FNO2. The Hall–Kier alpha value is -1.84. The first-order valence-electron chi connectivity index (χ1n) is 3.90. The quantitative estimate of drug-likeness (QED) is 0.795. The number of methoxy groups -OCH3 is 1. The van der Waals surface area contributed by atoms with E-state index in [1.165, 1.54) is 19.3 Å². The Labute approximate surface area is 81.0 Å². The first kappa shape index (κ1) is 10.2. The SMILES string of the molecule is C=Cc1c(OC)ccc(F)c1C(N)=O. The van der Waals surface area contributed by atoms with Gasteiger partial charge in [0.25, 0.3) is 5.91 Å². The summed E-state index contributed by atoms with van der Waals surface area (Å²) in [7, 11) is 1.42. The fourth-order valence-electron chi connectivity index (χ4n) is 1.20. The topological polar surface area (TPSA) is 52.3 Å². The zero-order chi connectivity index (χ0) is 10.7. The lowest BCUT2D eigenvalue weighted by molar-refractivity contribution is 0.0996. The summed E-state index contributed by atoms with van der Waals surface area (Å²) in [5, 5.41) is 0. The van der Waals surface area contributed by atoms with Crippen LogP contribution in [0.5, 0.6) is 5.75 Å². The molecule has 0 fully saturated rings. The van der Waals surface area contributed by atoms with Gasteiger partial charge in [0.05, 0.1) is 12.7 Å². The fourth-order valence-corrected chi connectivity index (χ4v) is 1.20. The van der Waals surface area contributed by atoms with E-state index in [-0.39, 0.29) is 11.1 Å². The second-order valence-electron chi connectivity index (χ2n) is 2.61. The minimum absolute atomic E-state index is 0.195. The number of hydrogen-bond acceptors (Lipinski definition) is 2. The molecule has 74 valence electrons. The van der Waals surface area contributed by atoms with Gasteiger partial charge in [-0.2, -0.15) is 0 Å². The molecule has 0 unspecified atom stereocenters. The minimum Gasteiger partial charge on any atom is -0.496 e. The molecule has 1 rings (SSSR count). The molecule has 0 saturated heterocycles. The molecule has 3 nitrogen and oxygen atoms in total. The van der Waals surface area contributed by atoms with E-state index in [9.17, 15) is 9.18 Å². The van der Waals surface area contributed by atoms with Gasteiger partial charge >= 0.3 is 0 Å². The van der Waals surface area contributed by atoms with Crippen molar-refractivity contribution in [3.05, 3.63) is 35.7 Å². The maximum Gasteiger partial charge on any atom is 0.252 e. The number of carbonyl (C=O) groups excluding carboxylic acids is 1. The molecule has 0 radical (unpaired) electrons. The second kappa shape index (κ2) is 3.91. The smallest absolute Gasteiger partial charge is 0.252 e. The largest absolute Gasteiger partial charge is 0.496 e. The van der Waals surface area contributed by atoms with Gasteiger partial charge in [0, 0.05) is 5.56 Å². The number of ether oxygens (including phenoxy) is 1. The Bertz CT molecular complexity index is 388. The molecular weight excluding hydrogens is 185 g/mol. The third kappa shape index (κ3) is 1.59. The average molecular weight is 195 g/mol. The molecule has 0 bridgehead atoms. The first-order chi connectivity index (χ1) is 6.61. The molecule has 14 heavy (non-hydrogen) atoms. The average Bonchev–Trinajstić information content (AvgIpc) is 2.16. The summed E-state index contributed by atoms with van der Waals surface area (Å²) in [6.45, 7) is 3.47. The Balaban J connectivity index is 3.50. The summed E-state index contributed by atoms with van der Waals surface area (Å²) in [6, 6.07) is 2.55. The monoisotopic (exact) mass is 195 g/mol. The lowest BCUT2D eigenvalue weighted by Crippen LogP contribution is -2.15. The van der Waals surface area contributed by atoms with E-state index in [1.54, 1.807) is 0 Å². The van der Waals surface area contributed by atoms with E-state index in [0.717, 1.165) is 6.07 Å². The van der Waals surface area contributed by atoms with Crippen LogP contribution in [0.25, 0.3) is 6.08 Å². The number of nitrogens with two attached hydrogens (primary N) is 1. The van der Waals surface area contributed by atoms with E-state index in [4.69, 9.17) is 10.5 Å². The molecule has 0 saturated carbocycles. The maximum atomic E-state index is 13.2. The number of primary amides is 1. The number of amides is 1. The van der Waals surface area contributed by atoms with Crippen LogP contribution in [0.4, 0.5) is 4.39 Å². The van der Waals surface area contributed by atoms with Crippen LogP contribution >= 0.6 is 0 Å². The zero-order valence-corrected chi connectivity index (χ0v) is 7.71. The molecule has 1 aromatic rings. The second-order valence-corrected chi connectivity index (χ2v) is 2.61. The molecule has 1 aromatic carbocycles. The van der Waals surface area contributed by atoms with Crippen molar-refractivity contribution in [3.63, 3.8) is 0 Å². The molecule has 1 amide bonds. The van der Waals surface area contributed by atoms with E-state index in [0.29, 0.717) is 5.75 Å². The molecule has 0 spiro atoms. The summed E-state index contributed by atoms with van der Waals surface area (Å²) < 4.78 is 18.1. The highest BCUT2D eigenvalue weighted by atomic mass is 19.1. The molecule has 0 heterocycles. The van der Waals surface area contributed by atoms with Gasteiger partial charge in [0.15, 0.2) is 0 Å². The Morgan fingerprint density at radius 3 is 2.71 bits per heavy atom. The summed E-state index contributed by atoms with van der Waals surface area (Å²) in [6.07, 6.45) is 1.34. The van der Waals surface area contributed by atoms with E-state index < -0.39 is 11.7 Å². The summed E-state index contributed by atoms with van der Waals surface area (Å²) in [4.78, 5) is 10.9. The van der Waals surface area contributed by atoms with Crippen molar-refractivity contribution in [2.24, 2.45) is 5.73 Å². The number of hydrogen-bond donors (Lipinski definition) is 1. The lowest BCUT2D eigenvalue weighted by Gasteiger charge is -2.08. The highest BCUT2D eigenvalue weighted by Crippen LogP contribution is 2.25. The molecule has 2 N–H and O–H groups in total. The molecule has 0 aliphatic heterocycles. The normalized spacial score (nSPS) is 9.57. The first-order valence-corrected chi connectivity index (χ1v) is 3.90. The summed E-state index contributed by atoms with van der Waals surface area (Å²) in [5.74, 6) is -1.14. The third-order valence-corrected chi connectivity index (χ3v) is 1.83. The van der Waals surface area contributed by atoms with Crippen LogP contribution in [0.2, 0.25) is 0 Å². The van der Waals surface area contributed by atoms with Crippen LogP contribution in [-0.4, -0.2) is 13.0 Å². The number of carbonyl (C=O) groups is 1. The van der Waals surface area contributed by atoms with Crippen LogP contribution < -0.4 is 10.5 Å². The molecule has 0 aliphatic carbocycles. The van der Waals surface area contributed by atoms with Gasteiger partial charge in [-0.15, -0.1) is 0 Å². The Kier molecular flexibility index (Phi) is 2.86. The molecule has 0 aliphatic rings. The maximum absolute atomic E-state index is 13.2. The highest BCUT2D eigenvalue weighted by molar-refractivity contribution is 5.97. The van der Waals surface area contributed by atoms with Crippen molar-refractivity contribution in [1.29, 1.82) is 0 Å². The van der Waals surface area contributed by atoms with E-state index in [2.05, 4.69) is 6.58 Å². The van der Waals surface area contributed by atoms with Gasteiger partial charge in [-0.1, -0.05) is 12.7 Å². The van der Waals surface area contributed by atoms with Crippen LogP contribution in [0.1, 0.15) is 15.9 Å². The predicted octanol–water partition coefficient (Wildman–Crippen LogP) is 1.58. The van der Waals surface area contributed by atoms with Gasteiger partial charge in [-0.25, -0.2) is 4.39 Å². The minimum atomic E-state index is -0.837. The number of benzene rings is 1. The third-order valence-electron chi connectivity index (χ3n) is 1.83. The van der Waals surface area contributed by atoms with Crippen LogP contribution in [0.15, 0.2) is 18.7 Å². The predicted molar refractivity (Wildman–Crippen MR) is 51.6 cm³/mol. The van der Waals surface area contributed by atoms with E-state index in [1.807, 2.05) is 0 Å². The van der Waals surface area contributed by atoms with Gasteiger partial charge in [0.2, 0.25) is 0 Å². The number of rotatable bonds is 3. The van der Waals surface area contributed by atoms with Crippen LogP contribution in [0, 0.1) is 5.82 Å². The van der Waals surface area contributed by atoms with Gasteiger partial charge in [-0.3, -0.25) is 4.79 Å². The van der Waals surface area contributed by atoms with Crippen molar-refractivity contribution in [2.45, 2.75) is 0 Å². The van der Waals surface area contributed by atoms with Crippen molar-refractivity contribution in [3.8, 4) is 5.75 Å². The van der Waals surface area contributed by atoms with Crippen molar-refractivity contribution >= 4 is 12.0 Å². The fraction of sp³-hybridized carbons (Fsp3) is 0.100. The zero-order valence-electron chi connectivity index (χ0n) is 7.71. The van der Waals surface area contributed by atoms with Crippen molar-refractivity contribution < 1.29 is 13.9 Å². The molecule has 0 aromatic heterocycles. The van der Waals surface area contributed by atoms with Crippen LogP contribution in [0.3, 0.4) is 0 Å². The Morgan fingerprint density at radius 2 is 2.29 bits per heavy atom. The standard InChI is InChI=1S/C10H10FNO2/c1-3-6-8(14-2)5-4-7(11)9(6)10(12)13/h3-5H,1H2,2H3,(H2,12,13). The van der Waals surface area contributed by atoms with Gasteiger partial charge in [-0.05, 0) is 12.1 Å². The van der Waals surface area contributed by atoms with Crippen molar-refractivity contribution in [1.82, 2.24) is 0 Å². The number of halogens is 1. The summed E-state index contributed by atoms with van der Waals surface area (Å²) in [5.41, 5.74) is 5.12. The molecule has 4 heteroatoms. The van der Waals surface area contributed by atoms with Crippen LogP contribution in [-0.2, 0) is 0 Å². The molecule has 0 atom stereocenters. The summed E-state index contributed by atoms with van der Waals surface area (Å²) >= 11 is 0. The van der Waals surface area contributed by atoms with Gasteiger partial charge in [0.1, 0.15) is 11.6 Å². The Morgan fingerprint density at radius 1 is 1.64 bits per heavy atom. The highest BCUT2D eigenvalue weighted by Gasteiger charge is 2.15.